The zero-order valence-corrected chi connectivity index (χ0v) is 15.2. The van der Waals surface area contributed by atoms with Crippen molar-refractivity contribution in [3.8, 4) is 5.75 Å². The lowest BCUT2D eigenvalue weighted by molar-refractivity contribution is -0.0493. The number of fused-ring (bicyclic) bond motifs is 1. The molecule has 2 aromatic carbocycles. The van der Waals surface area contributed by atoms with E-state index in [-0.39, 0.29) is 0 Å². The van der Waals surface area contributed by atoms with Crippen LogP contribution in [0.3, 0.4) is 0 Å². The third-order valence-corrected chi connectivity index (χ3v) is 5.70. The van der Waals surface area contributed by atoms with E-state index in [0.717, 1.165) is 35.1 Å². The molecule has 1 saturated carbocycles. The summed E-state index contributed by atoms with van der Waals surface area (Å²) in [5, 5.41) is 1.81. The molecule has 25 heavy (non-hydrogen) atoms. The molecule has 0 saturated heterocycles. The summed E-state index contributed by atoms with van der Waals surface area (Å²) in [5.74, 6) is 1.83. The number of alkyl halides is 2. The Kier molecular flexibility index (Phi) is 5.93. The molecule has 0 bridgehead atoms. The van der Waals surface area contributed by atoms with Crippen molar-refractivity contribution in [2.75, 3.05) is 0 Å². The molecule has 0 amide bonds. The maximum atomic E-state index is 12.9. The highest BCUT2D eigenvalue weighted by Gasteiger charge is 2.22. The Balaban J connectivity index is 1.91. The predicted octanol–water partition coefficient (Wildman–Crippen LogP) is 7.08. The van der Waals surface area contributed by atoms with E-state index >= 15 is 0 Å². The normalized spacial score (nSPS) is 21.0. The first-order valence-electron chi connectivity index (χ1n) is 9.62. The van der Waals surface area contributed by atoms with Crippen molar-refractivity contribution < 1.29 is 13.5 Å². The number of rotatable bonds is 6. The fourth-order valence-electron chi connectivity index (χ4n) is 4.22. The highest BCUT2D eigenvalue weighted by Crippen LogP contribution is 2.39. The predicted molar refractivity (Wildman–Crippen MR) is 99.6 cm³/mol. The number of benzene rings is 2. The molecule has 1 aliphatic carbocycles. The molecule has 0 heterocycles. The lowest BCUT2D eigenvalue weighted by atomic mass is 9.77. The van der Waals surface area contributed by atoms with E-state index in [1.54, 1.807) is 0 Å². The molecule has 1 nitrogen and oxygen atoms in total. The monoisotopic (exact) mass is 346 g/mol. The zero-order valence-electron chi connectivity index (χ0n) is 15.2. The zero-order chi connectivity index (χ0) is 17.8. The molecule has 1 fully saturated rings. The van der Waals surface area contributed by atoms with Gasteiger partial charge in [0.2, 0.25) is 0 Å². The first kappa shape index (κ1) is 18.2. The summed E-state index contributed by atoms with van der Waals surface area (Å²) < 4.78 is 30.7. The van der Waals surface area contributed by atoms with E-state index in [1.165, 1.54) is 37.7 Å². The molecule has 0 atom stereocenters. The van der Waals surface area contributed by atoms with Gasteiger partial charge in [-0.2, -0.15) is 8.78 Å². The first-order valence-corrected chi connectivity index (χ1v) is 9.62. The van der Waals surface area contributed by atoms with Crippen LogP contribution in [0.15, 0.2) is 30.3 Å². The second kappa shape index (κ2) is 8.16. The number of ether oxygens (including phenoxy) is 1. The largest absolute Gasteiger partial charge is 0.434 e. The third kappa shape index (κ3) is 4.13. The van der Waals surface area contributed by atoms with Crippen molar-refractivity contribution in [1.82, 2.24) is 0 Å². The number of hydrogen-bond donors (Lipinski definition) is 0. The summed E-state index contributed by atoms with van der Waals surface area (Å²) in [5.41, 5.74) is 2.21. The topological polar surface area (TPSA) is 9.23 Å². The summed E-state index contributed by atoms with van der Waals surface area (Å²) in [6, 6.07) is 10.3. The Hall–Kier alpha value is -1.64. The van der Waals surface area contributed by atoms with E-state index in [4.69, 9.17) is 4.74 Å². The molecule has 136 valence electrons. The first-order chi connectivity index (χ1) is 12.1. The lowest BCUT2D eigenvalue weighted by Gasteiger charge is -2.28. The van der Waals surface area contributed by atoms with Crippen molar-refractivity contribution in [1.29, 1.82) is 0 Å². The lowest BCUT2D eigenvalue weighted by Crippen LogP contribution is -2.12. The van der Waals surface area contributed by atoms with Crippen LogP contribution in [0.25, 0.3) is 10.8 Å². The van der Waals surface area contributed by atoms with Gasteiger partial charge in [-0.05, 0) is 60.5 Å². The molecule has 0 N–H and O–H groups in total. The number of hydrogen-bond acceptors (Lipinski definition) is 1. The van der Waals surface area contributed by atoms with Gasteiger partial charge in [-0.3, -0.25) is 0 Å². The minimum atomic E-state index is -2.79. The molecule has 3 heteroatoms. The van der Waals surface area contributed by atoms with Gasteiger partial charge in [0.15, 0.2) is 0 Å². The van der Waals surface area contributed by atoms with Crippen LogP contribution >= 0.6 is 0 Å². The molecule has 0 aromatic heterocycles. The van der Waals surface area contributed by atoms with Crippen LogP contribution < -0.4 is 4.74 Å². The van der Waals surface area contributed by atoms with Gasteiger partial charge in [-0.15, -0.1) is 0 Å². The molecule has 0 aliphatic heterocycles. The van der Waals surface area contributed by atoms with Gasteiger partial charge < -0.3 is 4.74 Å². The van der Waals surface area contributed by atoms with Gasteiger partial charge >= 0.3 is 6.61 Å². The van der Waals surface area contributed by atoms with Crippen LogP contribution in [0.5, 0.6) is 5.75 Å². The quantitative estimate of drug-likeness (QED) is 0.543. The fourth-order valence-corrected chi connectivity index (χ4v) is 4.22. The third-order valence-electron chi connectivity index (χ3n) is 5.70. The molecule has 3 rings (SSSR count). The molecule has 2 aromatic rings. The summed E-state index contributed by atoms with van der Waals surface area (Å²) >= 11 is 0. The summed E-state index contributed by atoms with van der Waals surface area (Å²) in [7, 11) is 0. The summed E-state index contributed by atoms with van der Waals surface area (Å²) in [4.78, 5) is 0. The maximum absolute atomic E-state index is 12.9. The van der Waals surface area contributed by atoms with E-state index in [0.29, 0.717) is 11.7 Å². The van der Waals surface area contributed by atoms with Crippen molar-refractivity contribution in [2.45, 2.75) is 71.3 Å². The van der Waals surface area contributed by atoms with E-state index in [1.807, 2.05) is 19.1 Å². The average molecular weight is 346 g/mol. The van der Waals surface area contributed by atoms with Crippen molar-refractivity contribution >= 4 is 10.8 Å². The van der Waals surface area contributed by atoms with Crippen LogP contribution in [0, 0.1) is 5.92 Å². The van der Waals surface area contributed by atoms with E-state index in [2.05, 4.69) is 25.1 Å². The molecular formula is C22H28F2O. The Morgan fingerprint density at radius 1 is 1.04 bits per heavy atom. The Labute approximate surface area is 149 Å². The molecule has 0 radical (unpaired) electrons. The second-order valence-corrected chi connectivity index (χ2v) is 7.29. The maximum Gasteiger partial charge on any atom is 0.387 e. The van der Waals surface area contributed by atoms with Crippen LogP contribution in [0.2, 0.25) is 0 Å². The number of aryl methyl sites for hydroxylation is 1. The molecular weight excluding hydrogens is 318 g/mol. The van der Waals surface area contributed by atoms with Crippen molar-refractivity contribution in [3.05, 3.63) is 41.5 Å². The minimum Gasteiger partial charge on any atom is -0.434 e. The number of halogens is 2. The Morgan fingerprint density at radius 2 is 1.80 bits per heavy atom. The minimum absolute atomic E-state index is 0.357. The van der Waals surface area contributed by atoms with Crippen molar-refractivity contribution in [3.63, 3.8) is 0 Å². The highest BCUT2D eigenvalue weighted by molar-refractivity contribution is 5.90. The molecule has 1 aliphatic rings. The SMILES string of the molecule is CCCc1ccc2cc(C3CCC(CC)CC3)ccc2c1OC(F)F. The van der Waals surface area contributed by atoms with Gasteiger partial charge in [-0.25, -0.2) is 0 Å². The summed E-state index contributed by atoms with van der Waals surface area (Å²) in [6.07, 6.45) is 8.00. The average Bonchev–Trinajstić information content (AvgIpc) is 2.63. The van der Waals surface area contributed by atoms with Gasteiger partial charge in [0.05, 0.1) is 0 Å². The van der Waals surface area contributed by atoms with Crippen LogP contribution in [-0.2, 0) is 6.42 Å². The van der Waals surface area contributed by atoms with E-state index < -0.39 is 6.61 Å². The highest BCUT2D eigenvalue weighted by atomic mass is 19.3. The van der Waals surface area contributed by atoms with Crippen LogP contribution in [-0.4, -0.2) is 6.61 Å². The molecule has 0 unspecified atom stereocenters. The Morgan fingerprint density at radius 3 is 2.44 bits per heavy atom. The standard InChI is InChI=1S/C22H28F2O/c1-3-5-17-10-11-19-14-18(16-8-6-15(4-2)7-9-16)12-13-20(19)21(17)25-22(23)24/h10-16,22H,3-9H2,1-2H3. The van der Waals surface area contributed by atoms with Gasteiger partial charge in [0.1, 0.15) is 5.75 Å². The second-order valence-electron chi connectivity index (χ2n) is 7.29. The smallest absolute Gasteiger partial charge is 0.387 e. The van der Waals surface area contributed by atoms with Crippen molar-refractivity contribution in [2.24, 2.45) is 5.92 Å². The Bertz CT molecular complexity index is 702. The van der Waals surface area contributed by atoms with Gasteiger partial charge in [0, 0.05) is 5.39 Å². The van der Waals surface area contributed by atoms with E-state index in [9.17, 15) is 8.78 Å². The fraction of sp³-hybridized carbons (Fsp3) is 0.545. The van der Waals surface area contributed by atoms with Gasteiger partial charge in [-0.1, -0.05) is 57.0 Å². The summed E-state index contributed by atoms with van der Waals surface area (Å²) in [6.45, 7) is 1.54. The molecule has 0 spiro atoms. The van der Waals surface area contributed by atoms with Gasteiger partial charge in [0.25, 0.3) is 0 Å². The van der Waals surface area contributed by atoms with Crippen LogP contribution in [0.4, 0.5) is 8.78 Å². The van der Waals surface area contributed by atoms with Crippen LogP contribution in [0.1, 0.15) is 69.4 Å².